The number of nitrogens with zero attached hydrogens (tertiary/aromatic N) is 10. The molecule has 0 aliphatic rings. The van der Waals surface area contributed by atoms with Gasteiger partial charge in [-0.05, 0) is 147 Å². The summed E-state index contributed by atoms with van der Waals surface area (Å²) in [6.45, 7) is -0.181. The van der Waals surface area contributed by atoms with Crippen molar-refractivity contribution < 1.29 is 180 Å². The molecule has 497 valence electrons. The molecule has 6 aromatic heterocycles. The number of nitrogens with one attached hydrogen (secondary N) is 2. The summed E-state index contributed by atoms with van der Waals surface area (Å²) in [7, 11) is 10.0. The van der Waals surface area contributed by atoms with Gasteiger partial charge in [0.2, 0.25) is 0 Å². The first kappa shape index (κ1) is 86.0. The molecule has 26 nitrogen and oxygen atoms in total. The second-order valence-electron chi connectivity index (χ2n) is 18.3. The number of halogens is 5. The quantitative estimate of drug-likeness (QED) is 0.0128. The van der Waals surface area contributed by atoms with E-state index in [1.165, 1.54) is 14.2 Å². The van der Waals surface area contributed by atoms with Crippen molar-refractivity contribution in [2.45, 2.75) is 0 Å². The largest absolute Gasteiger partial charge is 1.00 e. The summed E-state index contributed by atoms with van der Waals surface area (Å²) in [4.78, 5) is 64.3. The molecule has 0 unspecified atom stereocenters. The van der Waals surface area contributed by atoms with Gasteiger partial charge in [-0.3, -0.25) is 28.1 Å². The monoisotopic (exact) mass is 1620 g/mol. The number of aryl methyl sites for hydroxylation is 4. The zero-order valence-electron chi connectivity index (χ0n) is 53.1. The number of carboxylic acid groups (broad SMARTS) is 2. The summed E-state index contributed by atoms with van der Waals surface area (Å²) >= 11 is 22.1. The first-order valence-electron chi connectivity index (χ1n) is 26.5. The van der Waals surface area contributed by atoms with Crippen LogP contribution in [0.3, 0.4) is 0 Å². The van der Waals surface area contributed by atoms with Gasteiger partial charge in [0, 0.05) is 77.0 Å². The van der Waals surface area contributed by atoms with Gasteiger partial charge in [0.1, 0.15) is 11.6 Å². The summed E-state index contributed by atoms with van der Waals surface area (Å²) in [6.07, 6.45) is 6.86. The summed E-state index contributed by atoms with van der Waals surface area (Å²) in [5.74, 6) is -1.08. The summed E-state index contributed by atoms with van der Waals surface area (Å²) < 4.78 is 26.2. The number of carboxylic acids is 2. The van der Waals surface area contributed by atoms with Crippen molar-refractivity contribution >= 4 is 182 Å². The number of esters is 2. The minimum absolute atomic E-state index is 0. The number of benzene rings is 6. The van der Waals surface area contributed by atoms with Crippen molar-refractivity contribution in [3.8, 4) is 0 Å². The molecule has 0 saturated carbocycles. The number of nitrogens with two attached hydrogens (primary N) is 2. The zero-order valence-corrected chi connectivity index (χ0v) is 65.4. The second kappa shape index (κ2) is 43.4. The van der Waals surface area contributed by atoms with Crippen molar-refractivity contribution in [2.75, 3.05) is 36.3 Å². The van der Waals surface area contributed by atoms with Gasteiger partial charge in [-0.2, -0.15) is 20.4 Å². The number of para-hydroxylation sites is 3. The van der Waals surface area contributed by atoms with Crippen LogP contribution in [0.4, 0.5) is 34.4 Å². The SMILES string of the molecule is COC(=O)c1ccc(N)cc1.COC(=O)c1ccc(Nc2c3ccccc3nc3c2cnn3C)cc1.Cn1ncc2c(Cl)c3ccccc3nc21.Cn1nccc1N.Cn1nccc1Nc1ccccc1C(=O)O.O=C(O)c1ccccc1I.O=CO[O-].O=P(Cl)(Cl)Cl.[Cu].[H-].[K+].[K+]. The Hall–Kier alpha value is -6.08. The molecule has 6 aromatic carbocycles. The molecule has 1 radical (unpaired) electrons. The Morgan fingerprint density at radius 3 is 1.48 bits per heavy atom. The van der Waals surface area contributed by atoms with E-state index < -0.39 is 17.1 Å². The van der Waals surface area contributed by atoms with Gasteiger partial charge >= 0.3 is 132 Å². The standard InChI is InChI=1S/C19H16N4O2.C11H8ClN3.C11H11N3O2.C8H9NO2.C7H5IO2.C4H7N3.CH2O3.Cl3OP.Cu.2K.H/c1-23-18-15(11-20-23)17(14-5-3-4-6-16(14)22-18)21-13-9-7-12(8-10-13)19(24)25-2;1-15-11-8(6-13-15)10(12)7-4-2-3-5-9(7)14-11;1-14-10(6-7-12-14)13-9-5-3-2-4-8(9)11(15)16;1-11-8(10)6-2-4-7(9)5-3-6;8-6-4-2-1-3-5(6)7(9)10;1-7-4(5)2-3-6-7;2-1-4-3;1-5(2,3)4;;;;/h3-11H,1-2H3,(H,21,22);2-6H,1H3;2-7,13H,1H3,(H,15,16);2-5H,9H2,1H3;1-4H,(H,9,10);2-3H,5H2,1H3;1,3H;;;;;/q;;;;;;;;;2*+1;-1/p-1. The number of fused-ring (bicyclic) bond motifs is 4. The Bertz CT molecular complexity index is 4540. The van der Waals surface area contributed by atoms with Gasteiger partial charge in [0.15, 0.2) is 11.3 Å². The maximum Gasteiger partial charge on any atom is 1.00 e. The minimum Gasteiger partial charge on any atom is -1.00 e. The van der Waals surface area contributed by atoms with Gasteiger partial charge < -0.3 is 53.4 Å². The molecule has 0 saturated heterocycles. The number of hydrogen-bond donors (Lipinski definition) is 6. The van der Waals surface area contributed by atoms with Gasteiger partial charge in [-0.15, -0.1) is 0 Å². The number of nitrogen functional groups attached to an aromatic ring is 2. The Kier molecular flexibility index (Phi) is 38.8. The van der Waals surface area contributed by atoms with E-state index in [0.717, 1.165) is 69.7 Å². The Labute approximate surface area is 679 Å². The van der Waals surface area contributed by atoms with Crippen LogP contribution < -0.4 is 130 Å². The molecule has 0 aliphatic heterocycles. The third-order valence-electron chi connectivity index (χ3n) is 12.2. The number of carbonyl (C=O) groups excluding carboxylic acids is 3. The van der Waals surface area contributed by atoms with Crippen LogP contribution in [0.1, 0.15) is 42.9 Å². The minimum atomic E-state index is -3.22. The van der Waals surface area contributed by atoms with Crippen molar-refractivity contribution in [1.82, 2.24) is 49.1 Å². The molecular formula is C61H58Cl4CuIK2N14O12P. The van der Waals surface area contributed by atoms with Crippen LogP contribution >= 0.6 is 73.1 Å². The van der Waals surface area contributed by atoms with Crippen LogP contribution in [-0.2, 0) is 69.0 Å². The number of rotatable bonds is 9. The Balaban J connectivity index is 0.000000583. The third kappa shape index (κ3) is 27.0. The van der Waals surface area contributed by atoms with Gasteiger partial charge in [0.25, 0.3) is 6.47 Å². The van der Waals surface area contributed by atoms with E-state index in [9.17, 15) is 23.7 Å². The van der Waals surface area contributed by atoms with Crippen molar-refractivity contribution in [1.29, 1.82) is 0 Å². The number of pyridine rings is 2. The molecule has 0 amide bonds. The average molecular weight is 1620 g/mol. The topological polar surface area (TPSA) is 367 Å². The molecule has 0 spiro atoms. The van der Waals surface area contributed by atoms with E-state index in [2.05, 4.69) is 84.3 Å². The van der Waals surface area contributed by atoms with E-state index in [0.29, 0.717) is 33.9 Å². The van der Waals surface area contributed by atoms with E-state index in [1.54, 1.807) is 149 Å². The van der Waals surface area contributed by atoms with E-state index >= 15 is 0 Å². The molecule has 0 bridgehead atoms. The molecule has 35 heteroatoms. The van der Waals surface area contributed by atoms with Crippen LogP contribution in [0.2, 0.25) is 5.02 Å². The summed E-state index contributed by atoms with van der Waals surface area (Å²) in [5.41, 5.74) is 18.8. The molecule has 12 aromatic rings. The van der Waals surface area contributed by atoms with Crippen LogP contribution in [0.5, 0.6) is 0 Å². The van der Waals surface area contributed by atoms with Crippen molar-refractivity contribution in [2.24, 2.45) is 28.2 Å². The number of hydrogen-bond acceptors (Lipinski definition) is 20. The molecule has 96 heavy (non-hydrogen) atoms. The van der Waals surface area contributed by atoms with E-state index in [-0.39, 0.29) is 145 Å². The predicted octanol–water partition coefficient (Wildman–Crippen LogP) is 6.70. The molecule has 8 N–H and O–H groups in total. The van der Waals surface area contributed by atoms with Crippen LogP contribution in [0.25, 0.3) is 43.9 Å². The number of methoxy groups -OCH3 is 2. The van der Waals surface area contributed by atoms with Crippen LogP contribution in [0.15, 0.2) is 183 Å². The molecule has 0 aliphatic carbocycles. The first-order valence-corrected chi connectivity index (χ1v) is 32.3. The normalized spacial score (nSPS) is 9.83. The molecule has 0 fully saturated rings. The number of aromatic carboxylic acids is 2. The van der Waals surface area contributed by atoms with Crippen LogP contribution in [0, 0.1) is 3.57 Å². The fourth-order valence-corrected chi connectivity index (χ4v) is 8.68. The third-order valence-corrected chi connectivity index (χ3v) is 13.6. The number of ether oxygens (including phenoxy) is 2. The van der Waals surface area contributed by atoms with Gasteiger partial charge in [-0.1, -0.05) is 72.3 Å². The van der Waals surface area contributed by atoms with Crippen molar-refractivity contribution in [3.05, 3.63) is 213 Å². The molecular weight excluding hydrogens is 1560 g/mol. The van der Waals surface area contributed by atoms with Crippen LogP contribution in [-0.4, -0.2) is 104 Å². The number of aromatic nitrogens is 10. The maximum atomic E-state index is 11.6. The first-order chi connectivity index (χ1) is 44.3. The van der Waals surface area contributed by atoms with Crippen molar-refractivity contribution in [3.63, 3.8) is 0 Å². The molecule has 12 rings (SSSR count). The van der Waals surface area contributed by atoms with E-state index in [4.69, 9.17) is 48.1 Å². The zero-order chi connectivity index (χ0) is 68.4. The van der Waals surface area contributed by atoms with E-state index in [1.807, 2.05) is 103 Å². The number of anilines is 6. The predicted molar refractivity (Wildman–Crippen MR) is 367 cm³/mol. The maximum absolute atomic E-state index is 11.6. The summed E-state index contributed by atoms with van der Waals surface area (Å²) in [5, 5.41) is 50.1. The van der Waals surface area contributed by atoms with Gasteiger partial charge in [-0.25, -0.2) is 29.1 Å². The summed E-state index contributed by atoms with van der Waals surface area (Å²) in [6, 6.07) is 46.7. The fourth-order valence-electron chi connectivity index (χ4n) is 7.77. The Morgan fingerprint density at radius 1 is 0.594 bits per heavy atom. The molecule has 0 atom stereocenters. The molecule has 6 heterocycles. The average Bonchev–Trinajstić information content (AvgIpc) is 1.72. The number of carbonyl (C=O) groups is 5. The Morgan fingerprint density at radius 2 is 1.03 bits per heavy atom. The smallest absolute Gasteiger partial charge is 1.00 e. The fraction of sp³-hybridized carbons (Fsp3) is 0.0984. The second-order valence-corrected chi connectivity index (χ2v) is 26.5. The van der Waals surface area contributed by atoms with Gasteiger partial charge in [0.05, 0.1) is 99.5 Å².